The lowest BCUT2D eigenvalue weighted by molar-refractivity contribution is -0.121. The molecule has 0 unspecified atom stereocenters. The molecule has 0 saturated heterocycles. The second-order valence-corrected chi connectivity index (χ2v) is 7.31. The Hall–Kier alpha value is -2.73. The molecule has 6 nitrogen and oxygen atoms in total. The zero-order valence-corrected chi connectivity index (χ0v) is 16.1. The number of hydrogen-bond acceptors (Lipinski definition) is 4. The molecule has 0 saturated carbocycles. The fourth-order valence-corrected chi connectivity index (χ4v) is 3.80. The van der Waals surface area contributed by atoms with E-state index in [4.69, 9.17) is 21.1 Å². The van der Waals surface area contributed by atoms with Crippen LogP contribution in [0.4, 0.5) is 5.69 Å². The van der Waals surface area contributed by atoms with E-state index in [0.717, 1.165) is 23.2 Å². The van der Waals surface area contributed by atoms with Crippen LogP contribution in [-0.2, 0) is 16.1 Å². The van der Waals surface area contributed by atoms with Crippen LogP contribution >= 0.6 is 11.6 Å². The van der Waals surface area contributed by atoms with Crippen molar-refractivity contribution in [1.82, 2.24) is 5.32 Å². The number of carbonyl (C=O) groups is 2. The highest BCUT2D eigenvalue weighted by molar-refractivity contribution is 6.32. The number of ether oxygens (including phenoxy) is 2. The fourth-order valence-electron chi connectivity index (χ4n) is 3.51. The van der Waals surface area contributed by atoms with Crippen molar-refractivity contribution in [2.75, 3.05) is 18.5 Å². The standard InChI is InChI=1S/C21H21ClN2O4/c22-16-10-13(11-18-20(16)28-9-3-8-27-18)12-23-19(25)7-6-15-14-4-1-2-5-17(14)24-21(15)26/h1-2,4-5,10-11,15H,3,6-9,12H2,(H,23,25)(H,24,26)/t15-/m0/s1. The van der Waals surface area contributed by atoms with Gasteiger partial charge in [0.05, 0.1) is 24.2 Å². The molecule has 2 aliphatic heterocycles. The topological polar surface area (TPSA) is 76.7 Å². The van der Waals surface area contributed by atoms with Crippen LogP contribution < -0.4 is 20.1 Å². The molecule has 0 aliphatic carbocycles. The van der Waals surface area contributed by atoms with E-state index in [1.165, 1.54) is 0 Å². The summed E-state index contributed by atoms with van der Waals surface area (Å²) in [6.07, 6.45) is 1.54. The Balaban J connectivity index is 1.33. The summed E-state index contributed by atoms with van der Waals surface area (Å²) in [7, 11) is 0. The molecular weight excluding hydrogens is 380 g/mol. The molecule has 2 heterocycles. The summed E-state index contributed by atoms with van der Waals surface area (Å²) < 4.78 is 11.3. The van der Waals surface area contributed by atoms with Gasteiger partial charge in [-0.1, -0.05) is 29.8 Å². The average molecular weight is 401 g/mol. The molecular formula is C21H21ClN2O4. The monoisotopic (exact) mass is 400 g/mol. The van der Waals surface area contributed by atoms with Gasteiger partial charge < -0.3 is 20.1 Å². The van der Waals surface area contributed by atoms with Crippen LogP contribution in [0.25, 0.3) is 0 Å². The number of halogens is 1. The summed E-state index contributed by atoms with van der Waals surface area (Å²) in [6, 6.07) is 11.2. The van der Waals surface area contributed by atoms with E-state index >= 15 is 0 Å². The largest absolute Gasteiger partial charge is 0.489 e. The fraction of sp³-hybridized carbons (Fsp3) is 0.333. The molecule has 2 aromatic rings. The smallest absolute Gasteiger partial charge is 0.232 e. The number of rotatable bonds is 5. The van der Waals surface area contributed by atoms with Crippen LogP contribution in [0.5, 0.6) is 11.5 Å². The number of para-hydroxylation sites is 1. The summed E-state index contributed by atoms with van der Waals surface area (Å²) in [6.45, 7) is 1.48. The van der Waals surface area contributed by atoms with Gasteiger partial charge in [-0.25, -0.2) is 0 Å². The van der Waals surface area contributed by atoms with Crippen molar-refractivity contribution in [3.8, 4) is 11.5 Å². The highest BCUT2D eigenvalue weighted by Crippen LogP contribution is 2.38. The van der Waals surface area contributed by atoms with E-state index in [2.05, 4.69) is 10.6 Å². The summed E-state index contributed by atoms with van der Waals surface area (Å²) in [4.78, 5) is 24.4. The predicted molar refractivity (Wildman–Crippen MR) is 106 cm³/mol. The third-order valence-corrected chi connectivity index (χ3v) is 5.20. The minimum absolute atomic E-state index is 0.0521. The Morgan fingerprint density at radius 2 is 2.04 bits per heavy atom. The van der Waals surface area contributed by atoms with Gasteiger partial charge in [0.2, 0.25) is 11.8 Å². The first-order valence-corrected chi connectivity index (χ1v) is 9.74. The Morgan fingerprint density at radius 3 is 2.93 bits per heavy atom. The average Bonchev–Trinajstić information content (AvgIpc) is 2.84. The lowest BCUT2D eigenvalue weighted by Gasteiger charge is -2.13. The number of carbonyl (C=O) groups excluding carboxylic acids is 2. The molecule has 0 fully saturated rings. The highest BCUT2D eigenvalue weighted by Gasteiger charge is 2.30. The maximum Gasteiger partial charge on any atom is 0.232 e. The molecule has 2 N–H and O–H groups in total. The Labute approximate surface area is 168 Å². The predicted octanol–water partition coefficient (Wildman–Crippen LogP) is 3.63. The van der Waals surface area contributed by atoms with Crippen molar-refractivity contribution >= 4 is 29.1 Å². The number of amides is 2. The van der Waals surface area contributed by atoms with Crippen molar-refractivity contribution in [2.45, 2.75) is 31.7 Å². The molecule has 7 heteroatoms. The second-order valence-electron chi connectivity index (χ2n) is 6.90. The van der Waals surface area contributed by atoms with E-state index in [-0.39, 0.29) is 24.2 Å². The lowest BCUT2D eigenvalue weighted by Crippen LogP contribution is -2.24. The van der Waals surface area contributed by atoms with Crippen molar-refractivity contribution in [3.05, 3.63) is 52.5 Å². The van der Waals surface area contributed by atoms with Crippen LogP contribution in [0.1, 0.15) is 36.3 Å². The summed E-state index contributed by atoms with van der Waals surface area (Å²) in [5, 5.41) is 6.22. The van der Waals surface area contributed by atoms with Gasteiger partial charge >= 0.3 is 0 Å². The number of anilines is 1. The molecule has 28 heavy (non-hydrogen) atoms. The van der Waals surface area contributed by atoms with Gasteiger partial charge in [0.15, 0.2) is 11.5 Å². The zero-order chi connectivity index (χ0) is 19.5. The van der Waals surface area contributed by atoms with Crippen molar-refractivity contribution in [1.29, 1.82) is 0 Å². The quantitative estimate of drug-likeness (QED) is 0.803. The maximum absolute atomic E-state index is 12.3. The van der Waals surface area contributed by atoms with Gasteiger partial charge in [0, 0.05) is 25.1 Å². The molecule has 2 aromatic carbocycles. The summed E-state index contributed by atoms with van der Waals surface area (Å²) in [5.74, 6) is 0.715. The van der Waals surface area contributed by atoms with Gasteiger partial charge in [-0.05, 0) is 35.7 Å². The normalized spacial score (nSPS) is 17.5. The molecule has 0 radical (unpaired) electrons. The number of nitrogens with one attached hydrogen (secondary N) is 2. The van der Waals surface area contributed by atoms with E-state index in [9.17, 15) is 9.59 Å². The molecule has 1 atom stereocenters. The van der Waals surface area contributed by atoms with Crippen LogP contribution in [0, 0.1) is 0 Å². The number of benzene rings is 2. The third kappa shape index (κ3) is 3.92. The Kier molecular flexibility index (Phi) is 5.39. The second kappa shape index (κ2) is 8.10. The molecule has 2 aliphatic rings. The van der Waals surface area contributed by atoms with Gasteiger partial charge in [-0.15, -0.1) is 0 Å². The summed E-state index contributed by atoms with van der Waals surface area (Å²) in [5.41, 5.74) is 2.63. The van der Waals surface area contributed by atoms with Crippen LogP contribution in [0.15, 0.2) is 36.4 Å². The minimum atomic E-state index is -0.283. The minimum Gasteiger partial charge on any atom is -0.489 e. The van der Waals surface area contributed by atoms with E-state index in [1.807, 2.05) is 30.3 Å². The van der Waals surface area contributed by atoms with Crippen LogP contribution in [-0.4, -0.2) is 25.0 Å². The van der Waals surface area contributed by atoms with Gasteiger partial charge in [-0.2, -0.15) is 0 Å². The maximum atomic E-state index is 12.3. The first kappa shape index (κ1) is 18.6. The molecule has 0 bridgehead atoms. The Morgan fingerprint density at radius 1 is 1.21 bits per heavy atom. The molecule has 2 amide bonds. The first-order valence-electron chi connectivity index (χ1n) is 9.36. The Bertz CT molecular complexity index is 915. The van der Waals surface area contributed by atoms with Gasteiger partial charge in [0.1, 0.15) is 0 Å². The molecule has 146 valence electrons. The van der Waals surface area contributed by atoms with E-state index < -0.39 is 0 Å². The number of hydrogen-bond donors (Lipinski definition) is 2. The van der Waals surface area contributed by atoms with Gasteiger partial charge in [-0.3, -0.25) is 9.59 Å². The zero-order valence-electron chi connectivity index (χ0n) is 15.3. The lowest BCUT2D eigenvalue weighted by atomic mass is 9.95. The van der Waals surface area contributed by atoms with E-state index in [1.54, 1.807) is 6.07 Å². The van der Waals surface area contributed by atoms with Crippen LogP contribution in [0.2, 0.25) is 5.02 Å². The molecule has 4 rings (SSSR count). The summed E-state index contributed by atoms with van der Waals surface area (Å²) >= 11 is 6.28. The molecule has 0 spiro atoms. The highest BCUT2D eigenvalue weighted by atomic mass is 35.5. The van der Waals surface area contributed by atoms with Gasteiger partial charge in [0.25, 0.3) is 0 Å². The first-order chi connectivity index (χ1) is 13.6. The number of fused-ring (bicyclic) bond motifs is 2. The van der Waals surface area contributed by atoms with Crippen molar-refractivity contribution in [3.63, 3.8) is 0 Å². The van der Waals surface area contributed by atoms with Crippen molar-refractivity contribution in [2.24, 2.45) is 0 Å². The SMILES string of the molecule is O=C(CC[C@@H]1C(=O)Nc2ccccc21)NCc1cc(Cl)c2c(c1)OCCCO2. The van der Waals surface area contributed by atoms with Crippen molar-refractivity contribution < 1.29 is 19.1 Å². The van der Waals surface area contributed by atoms with Crippen LogP contribution in [0.3, 0.4) is 0 Å². The molecule has 0 aromatic heterocycles. The third-order valence-electron chi connectivity index (χ3n) is 4.92. The van der Waals surface area contributed by atoms with E-state index in [0.29, 0.717) is 42.7 Å².